The molecule has 0 aliphatic carbocycles. The van der Waals surface area contributed by atoms with Crippen molar-refractivity contribution in [2.75, 3.05) is 6.61 Å². The minimum atomic E-state index is -4.69. The summed E-state index contributed by atoms with van der Waals surface area (Å²) in [5.74, 6) is -2.32. The summed E-state index contributed by atoms with van der Waals surface area (Å²) in [7, 11) is -1.94. The molecule has 0 unspecified atom stereocenters. The van der Waals surface area contributed by atoms with E-state index in [1.165, 1.54) is 6.92 Å². The number of esters is 1. The average molecular weight is 345 g/mol. The molecule has 0 aromatic heterocycles. The van der Waals surface area contributed by atoms with Crippen molar-refractivity contribution in [3.63, 3.8) is 0 Å². The second kappa shape index (κ2) is 8.86. The SMILES string of the molecule is CCCCOC(=O)[C@@H](CC)[C@H](N[S@@](=O)C(C)(C)C)C(F)(F)F. The lowest BCUT2D eigenvalue weighted by atomic mass is 9.97. The lowest BCUT2D eigenvalue weighted by molar-refractivity contribution is -0.179. The van der Waals surface area contributed by atoms with Gasteiger partial charge in [0.05, 0.1) is 28.3 Å². The van der Waals surface area contributed by atoms with Gasteiger partial charge >= 0.3 is 12.1 Å². The lowest BCUT2D eigenvalue weighted by Crippen LogP contribution is -2.53. The standard InChI is InChI=1S/C14H26F3NO3S/c1-6-8-9-21-12(19)10(7-2)11(14(15,16)17)18-22(20)13(3,4)5/h10-11,18H,6-9H2,1-5H3/t10-,11-,22-/m0/s1. The second-order valence-corrected chi connectivity index (χ2v) is 8.05. The Morgan fingerprint density at radius 3 is 2.14 bits per heavy atom. The van der Waals surface area contributed by atoms with Crippen molar-refractivity contribution in [3.8, 4) is 0 Å². The summed E-state index contributed by atoms with van der Waals surface area (Å²) in [6.45, 7) is 8.14. The zero-order valence-corrected chi connectivity index (χ0v) is 14.6. The highest BCUT2D eigenvalue weighted by atomic mass is 32.2. The van der Waals surface area contributed by atoms with Crippen LogP contribution in [0.3, 0.4) is 0 Å². The summed E-state index contributed by atoms with van der Waals surface area (Å²) in [6.07, 6.45) is -3.37. The number of rotatable bonds is 8. The second-order valence-electron chi connectivity index (χ2n) is 6.05. The largest absolute Gasteiger partial charge is 0.465 e. The maximum absolute atomic E-state index is 13.2. The number of unbranched alkanes of at least 4 members (excludes halogenated alkanes) is 1. The van der Waals surface area contributed by atoms with E-state index in [0.29, 0.717) is 6.42 Å². The molecular formula is C14H26F3NO3S. The van der Waals surface area contributed by atoms with Crippen LogP contribution in [0.4, 0.5) is 13.2 Å². The predicted octanol–water partition coefficient (Wildman–Crippen LogP) is 3.34. The first-order valence-corrected chi connectivity index (χ1v) is 8.51. The smallest absolute Gasteiger partial charge is 0.405 e. The lowest BCUT2D eigenvalue weighted by Gasteiger charge is -2.30. The van der Waals surface area contributed by atoms with Gasteiger partial charge in [0.25, 0.3) is 0 Å². The number of halogens is 3. The van der Waals surface area contributed by atoms with Crippen molar-refractivity contribution in [1.29, 1.82) is 0 Å². The molecule has 4 nitrogen and oxygen atoms in total. The van der Waals surface area contributed by atoms with Crippen LogP contribution in [0.15, 0.2) is 0 Å². The van der Waals surface area contributed by atoms with Gasteiger partial charge in [0, 0.05) is 0 Å². The quantitative estimate of drug-likeness (QED) is 0.542. The molecule has 22 heavy (non-hydrogen) atoms. The number of nitrogens with one attached hydrogen (secondary N) is 1. The fourth-order valence-corrected chi connectivity index (χ4v) is 2.51. The van der Waals surface area contributed by atoms with Crippen LogP contribution in [0.2, 0.25) is 0 Å². The van der Waals surface area contributed by atoms with Crippen LogP contribution in [-0.4, -0.2) is 33.8 Å². The maximum Gasteiger partial charge on any atom is 0.405 e. The van der Waals surface area contributed by atoms with Crippen LogP contribution in [0.1, 0.15) is 53.9 Å². The summed E-state index contributed by atoms with van der Waals surface area (Å²) in [5.41, 5.74) is 0. The fourth-order valence-electron chi connectivity index (χ4n) is 1.63. The van der Waals surface area contributed by atoms with Gasteiger partial charge in [-0.1, -0.05) is 20.3 Å². The normalized spacial score (nSPS) is 16.9. The van der Waals surface area contributed by atoms with Gasteiger partial charge < -0.3 is 4.74 Å². The molecule has 3 atom stereocenters. The molecule has 0 saturated carbocycles. The van der Waals surface area contributed by atoms with Gasteiger partial charge in [-0.15, -0.1) is 0 Å². The van der Waals surface area contributed by atoms with Crippen LogP contribution < -0.4 is 4.72 Å². The van der Waals surface area contributed by atoms with E-state index in [9.17, 15) is 22.2 Å². The van der Waals surface area contributed by atoms with Crippen LogP contribution in [0.5, 0.6) is 0 Å². The monoisotopic (exact) mass is 345 g/mol. The third-order valence-electron chi connectivity index (χ3n) is 3.03. The fraction of sp³-hybridized carbons (Fsp3) is 0.929. The van der Waals surface area contributed by atoms with E-state index >= 15 is 0 Å². The Morgan fingerprint density at radius 2 is 1.77 bits per heavy atom. The van der Waals surface area contributed by atoms with Crippen molar-refractivity contribution in [2.24, 2.45) is 5.92 Å². The average Bonchev–Trinajstić information content (AvgIpc) is 2.36. The van der Waals surface area contributed by atoms with Gasteiger partial charge in [-0.3, -0.25) is 4.79 Å². The molecule has 0 aromatic rings. The molecule has 1 N–H and O–H groups in total. The number of hydrogen-bond donors (Lipinski definition) is 1. The molecule has 132 valence electrons. The summed E-state index contributed by atoms with van der Waals surface area (Å²) in [6, 6.07) is -2.19. The molecule has 0 radical (unpaired) electrons. The van der Waals surface area contributed by atoms with Crippen LogP contribution in [0, 0.1) is 5.92 Å². The molecule has 0 rings (SSSR count). The van der Waals surface area contributed by atoms with Gasteiger partial charge in [0.1, 0.15) is 6.04 Å². The van der Waals surface area contributed by atoms with Crippen LogP contribution >= 0.6 is 0 Å². The molecule has 0 spiro atoms. The molecule has 0 fully saturated rings. The number of hydrogen-bond acceptors (Lipinski definition) is 3. The van der Waals surface area contributed by atoms with Crippen molar-refractivity contribution in [3.05, 3.63) is 0 Å². The zero-order valence-electron chi connectivity index (χ0n) is 13.8. The summed E-state index contributed by atoms with van der Waals surface area (Å²) < 4.78 is 57.8. The Morgan fingerprint density at radius 1 is 1.23 bits per heavy atom. The topological polar surface area (TPSA) is 55.4 Å². The number of ether oxygens (including phenoxy) is 1. The maximum atomic E-state index is 13.2. The molecule has 0 aliphatic rings. The highest BCUT2D eigenvalue weighted by Gasteiger charge is 2.49. The van der Waals surface area contributed by atoms with Gasteiger partial charge in [0.2, 0.25) is 0 Å². The van der Waals surface area contributed by atoms with Gasteiger partial charge in [-0.25, -0.2) is 8.93 Å². The Labute approximate surface area is 132 Å². The van der Waals surface area contributed by atoms with Crippen LogP contribution in [0.25, 0.3) is 0 Å². The van der Waals surface area contributed by atoms with E-state index in [0.717, 1.165) is 6.42 Å². The third kappa shape index (κ3) is 7.09. The van der Waals surface area contributed by atoms with Crippen LogP contribution in [-0.2, 0) is 20.5 Å². The Balaban J connectivity index is 5.13. The minimum Gasteiger partial charge on any atom is -0.465 e. The highest BCUT2D eigenvalue weighted by Crippen LogP contribution is 2.29. The Bertz CT molecular complexity index is 381. The molecule has 8 heteroatoms. The summed E-state index contributed by atoms with van der Waals surface area (Å²) in [5, 5.41) is 0. The third-order valence-corrected chi connectivity index (χ3v) is 4.61. The minimum absolute atomic E-state index is 0.0521. The Kier molecular flexibility index (Phi) is 8.61. The number of carbonyl (C=O) groups excluding carboxylic acids is 1. The molecular weight excluding hydrogens is 319 g/mol. The predicted molar refractivity (Wildman–Crippen MR) is 80.5 cm³/mol. The molecule has 0 heterocycles. The molecule has 0 amide bonds. The van der Waals surface area contributed by atoms with Gasteiger partial charge in [0.15, 0.2) is 0 Å². The van der Waals surface area contributed by atoms with Crippen molar-refractivity contribution < 1.29 is 26.9 Å². The first-order chi connectivity index (χ1) is 9.95. The molecule has 0 saturated heterocycles. The van der Waals surface area contributed by atoms with E-state index < -0.39 is 39.8 Å². The summed E-state index contributed by atoms with van der Waals surface area (Å²) >= 11 is 0. The van der Waals surface area contributed by atoms with E-state index in [1.54, 1.807) is 20.8 Å². The molecule has 0 aliphatic heterocycles. The van der Waals surface area contributed by atoms with Crippen molar-refractivity contribution in [2.45, 2.75) is 70.8 Å². The Hall–Kier alpha value is -0.630. The van der Waals surface area contributed by atoms with Crippen molar-refractivity contribution >= 4 is 17.0 Å². The van der Waals surface area contributed by atoms with Crippen molar-refractivity contribution in [1.82, 2.24) is 4.72 Å². The first-order valence-electron chi connectivity index (χ1n) is 7.36. The molecule has 0 bridgehead atoms. The van der Waals surface area contributed by atoms with E-state index in [4.69, 9.17) is 4.74 Å². The van der Waals surface area contributed by atoms with Gasteiger partial charge in [-0.05, 0) is 33.6 Å². The summed E-state index contributed by atoms with van der Waals surface area (Å²) in [4.78, 5) is 11.9. The van der Waals surface area contributed by atoms with Gasteiger partial charge in [-0.2, -0.15) is 13.2 Å². The van der Waals surface area contributed by atoms with E-state index in [-0.39, 0.29) is 13.0 Å². The number of alkyl halides is 3. The van der Waals surface area contributed by atoms with E-state index in [1.807, 2.05) is 6.92 Å². The molecule has 0 aromatic carbocycles. The number of carbonyl (C=O) groups is 1. The van der Waals surface area contributed by atoms with E-state index in [2.05, 4.69) is 4.72 Å². The zero-order chi connectivity index (χ0) is 17.6. The first kappa shape index (κ1) is 21.4. The highest BCUT2D eigenvalue weighted by molar-refractivity contribution is 7.84.